The third kappa shape index (κ3) is 2.17. The van der Waals surface area contributed by atoms with E-state index < -0.39 is 11.5 Å². The molecular weight excluding hydrogens is 198 g/mol. The van der Waals surface area contributed by atoms with E-state index in [1.807, 2.05) is 18.2 Å². The van der Waals surface area contributed by atoms with E-state index in [9.17, 15) is 13.9 Å². The van der Waals surface area contributed by atoms with E-state index in [1.165, 1.54) is 0 Å². The second-order valence-electron chi connectivity index (χ2n) is 4.25. The van der Waals surface area contributed by atoms with E-state index in [2.05, 4.69) is 0 Å². The Bertz CT molecular complexity index is 325. The van der Waals surface area contributed by atoms with Crippen molar-refractivity contribution in [3.8, 4) is 0 Å². The normalized spacial score (nSPS) is 23.7. The molecule has 1 aromatic carbocycles. The van der Waals surface area contributed by atoms with Crippen molar-refractivity contribution in [1.82, 2.24) is 0 Å². The monoisotopic (exact) mass is 212 g/mol. The van der Waals surface area contributed by atoms with Crippen LogP contribution < -0.4 is 0 Å². The number of halogens is 2. The molecule has 1 N–H and O–H groups in total. The summed E-state index contributed by atoms with van der Waals surface area (Å²) in [4.78, 5) is 0. The fraction of sp³-hybridized carbons (Fsp3) is 0.500. The van der Waals surface area contributed by atoms with E-state index in [1.54, 1.807) is 12.1 Å². The Labute approximate surface area is 87.7 Å². The summed E-state index contributed by atoms with van der Waals surface area (Å²) in [6.07, 6.45) is -0.162. The molecule has 0 bridgehead atoms. The van der Waals surface area contributed by atoms with Gasteiger partial charge < -0.3 is 5.11 Å². The van der Waals surface area contributed by atoms with Crippen LogP contribution in [0.1, 0.15) is 31.2 Å². The first-order valence-corrected chi connectivity index (χ1v) is 5.18. The van der Waals surface area contributed by atoms with Crippen molar-refractivity contribution in [2.24, 2.45) is 0 Å². The van der Waals surface area contributed by atoms with Gasteiger partial charge in [-0.2, -0.15) is 0 Å². The number of rotatable bonds is 1. The van der Waals surface area contributed by atoms with E-state index in [4.69, 9.17) is 0 Å². The van der Waals surface area contributed by atoms with Crippen LogP contribution in [0.15, 0.2) is 30.3 Å². The van der Waals surface area contributed by atoms with Crippen LogP contribution in [0.25, 0.3) is 0 Å². The molecule has 1 saturated carbocycles. The first-order valence-electron chi connectivity index (χ1n) is 5.18. The topological polar surface area (TPSA) is 20.2 Å². The summed E-state index contributed by atoms with van der Waals surface area (Å²) in [5.74, 6) is -2.60. The number of alkyl halides is 2. The highest BCUT2D eigenvalue weighted by atomic mass is 19.3. The largest absolute Gasteiger partial charge is 0.385 e. The third-order valence-corrected chi connectivity index (χ3v) is 3.12. The summed E-state index contributed by atoms with van der Waals surface area (Å²) in [6.45, 7) is 0. The van der Waals surface area contributed by atoms with Crippen molar-refractivity contribution in [2.45, 2.75) is 37.2 Å². The van der Waals surface area contributed by atoms with Gasteiger partial charge in [0, 0.05) is 12.8 Å². The molecule has 1 nitrogen and oxygen atoms in total. The lowest BCUT2D eigenvalue weighted by atomic mass is 9.78. The first kappa shape index (κ1) is 10.6. The van der Waals surface area contributed by atoms with Crippen LogP contribution in [0, 0.1) is 0 Å². The predicted molar refractivity (Wildman–Crippen MR) is 53.8 cm³/mol. The summed E-state index contributed by atoms with van der Waals surface area (Å²) in [6, 6.07) is 9.08. The summed E-state index contributed by atoms with van der Waals surface area (Å²) in [5, 5.41) is 10.2. The molecule has 82 valence electrons. The zero-order valence-corrected chi connectivity index (χ0v) is 8.42. The van der Waals surface area contributed by atoms with Crippen LogP contribution in [0.3, 0.4) is 0 Å². The Morgan fingerprint density at radius 2 is 1.47 bits per heavy atom. The lowest BCUT2D eigenvalue weighted by Crippen LogP contribution is -2.36. The zero-order valence-electron chi connectivity index (χ0n) is 8.42. The van der Waals surface area contributed by atoms with Crippen LogP contribution in [-0.2, 0) is 5.60 Å². The fourth-order valence-corrected chi connectivity index (χ4v) is 2.07. The van der Waals surface area contributed by atoms with Crippen molar-refractivity contribution in [3.63, 3.8) is 0 Å². The molecule has 0 saturated heterocycles. The zero-order chi connectivity index (χ0) is 10.9. The van der Waals surface area contributed by atoms with Gasteiger partial charge in [-0.15, -0.1) is 0 Å². The standard InChI is InChI=1S/C12H14F2O/c13-12(14)8-6-11(15,7-9-12)10-4-2-1-3-5-10/h1-5,15H,6-9H2. The number of benzene rings is 1. The van der Waals surface area contributed by atoms with Gasteiger partial charge in [0.15, 0.2) is 0 Å². The molecule has 0 unspecified atom stereocenters. The SMILES string of the molecule is OC1(c2ccccc2)CCC(F)(F)CC1. The van der Waals surface area contributed by atoms with Gasteiger partial charge in [0.1, 0.15) is 0 Å². The molecule has 15 heavy (non-hydrogen) atoms. The molecule has 1 aliphatic rings. The van der Waals surface area contributed by atoms with Crippen LogP contribution in [0.4, 0.5) is 8.78 Å². The fourth-order valence-electron chi connectivity index (χ4n) is 2.07. The Kier molecular flexibility index (Phi) is 2.51. The van der Waals surface area contributed by atoms with Gasteiger partial charge in [-0.1, -0.05) is 30.3 Å². The number of aliphatic hydroxyl groups is 1. The smallest absolute Gasteiger partial charge is 0.248 e. The van der Waals surface area contributed by atoms with Crippen LogP contribution in [0.5, 0.6) is 0 Å². The van der Waals surface area contributed by atoms with Crippen LogP contribution in [-0.4, -0.2) is 11.0 Å². The highest BCUT2D eigenvalue weighted by Crippen LogP contribution is 2.43. The van der Waals surface area contributed by atoms with Crippen molar-refractivity contribution >= 4 is 0 Å². The Morgan fingerprint density at radius 3 is 2.00 bits per heavy atom. The Hall–Kier alpha value is -0.960. The second-order valence-corrected chi connectivity index (χ2v) is 4.25. The predicted octanol–water partition coefficient (Wildman–Crippen LogP) is 3.08. The molecule has 0 radical (unpaired) electrons. The van der Waals surface area contributed by atoms with Gasteiger partial charge in [0.05, 0.1) is 5.60 Å². The van der Waals surface area contributed by atoms with Gasteiger partial charge >= 0.3 is 0 Å². The molecule has 0 aromatic heterocycles. The minimum absolute atomic E-state index is 0.143. The summed E-state index contributed by atoms with van der Waals surface area (Å²) < 4.78 is 25.9. The maximum Gasteiger partial charge on any atom is 0.248 e. The molecule has 0 spiro atoms. The average molecular weight is 212 g/mol. The van der Waals surface area contributed by atoms with Gasteiger partial charge in [0.25, 0.3) is 0 Å². The van der Waals surface area contributed by atoms with Crippen LogP contribution in [0.2, 0.25) is 0 Å². The molecule has 0 heterocycles. The lowest BCUT2D eigenvalue weighted by molar-refractivity contribution is -0.107. The highest BCUT2D eigenvalue weighted by Gasteiger charge is 2.42. The van der Waals surface area contributed by atoms with Gasteiger partial charge in [0.2, 0.25) is 5.92 Å². The van der Waals surface area contributed by atoms with Crippen LogP contribution >= 0.6 is 0 Å². The second kappa shape index (κ2) is 3.56. The molecule has 0 atom stereocenters. The van der Waals surface area contributed by atoms with Crippen molar-refractivity contribution in [2.75, 3.05) is 0 Å². The molecule has 3 heteroatoms. The third-order valence-electron chi connectivity index (χ3n) is 3.12. The summed E-state index contributed by atoms with van der Waals surface area (Å²) >= 11 is 0. The minimum atomic E-state index is -2.60. The van der Waals surface area contributed by atoms with Gasteiger partial charge in [-0.3, -0.25) is 0 Å². The summed E-state index contributed by atoms with van der Waals surface area (Å²) in [5.41, 5.74) is -0.302. The lowest BCUT2D eigenvalue weighted by Gasteiger charge is -2.36. The Morgan fingerprint density at radius 1 is 0.933 bits per heavy atom. The molecule has 0 aliphatic heterocycles. The molecule has 1 fully saturated rings. The van der Waals surface area contributed by atoms with Crippen molar-refractivity contribution < 1.29 is 13.9 Å². The maximum absolute atomic E-state index is 13.0. The van der Waals surface area contributed by atoms with E-state index in [-0.39, 0.29) is 25.7 Å². The minimum Gasteiger partial charge on any atom is -0.385 e. The van der Waals surface area contributed by atoms with E-state index in [0.717, 1.165) is 5.56 Å². The molecule has 1 aliphatic carbocycles. The first-order chi connectivity index (χ1) is 7.02. The number of hydrogen-bond acceptors (Lipinski definition) is 1. The average Bonchev–Trinajstić information content (AvgIpc) is 2.24. The highest BCUT2D eigenvalue weighted by molar-refractivity contribution is 5.23. The molecule has 2 rings (SSSR count). The van der Waals surface area contributed by atoms with E-state index in [0.29, 0.717) is 0 Å². The maximum atomic E-state index is 13.0. The van der Waals surface area contributed by atoms with Crippen molar-refractivity contribution in [3.05, 3.63) is 35.9 Å². The molecular formula is C12H14F2O. The van der Waals surface area contributed by atoms with Crippen molar-refractivity contribution in [1.29, 1.82) is 0 Å². The van der Waals surface area contributed by atoms with Gasteiger partial charge in [-0.05, 0) is 18.4 Å². The van der Waals surface area contributed by atoms with Gasteiger partial charge in [-0.25, -0.2) is 8.78 Å². The summed E-state index contributed by atoms with van der Waals surface area (Å²) in [7, 11) is 0. The molecule has 1 aromatic rings. The van der Waals surface area contributed by atoms with E-state index >= 15 is 0 Å². The number of hydrogen-bond donors (Lipinski definition) is 1. The molecule has 0 amide bonds. The Balaban J connectivity index is 2.17. The quantitative estimate of drug-likeness (QED) is 0.758.